The van der Waals surface area contributed by atoms with E-state index in [-0.39, 0.29) is 12.6 Å². The SMILES string of the molecule is NCC(c1ccc(F)c(C(F)(F)F)c1)N1CCCC1. The fraction of sp³-hybridized carbons (Fsp3) is 0.538. The van der Waals surface area contributed by atoms with E-state index in [1.807, 2.05) is 4.90 Å². The van der Waals surface area contributed by atoms with E-state index in [1.54, 1.807) is 0 Å². The molecule has 1 heterocycles. The van der Waals surface area contributed by atoms with Gasteiger partial charge in [-0.1, -0.05) is 6.07 Å². The minimum atomic E-state index is -4.68. The zero-order valence-corrected chi connectivity index (χ0v) is 10.4. The molecule has 0 aliphatic carbocycles. The van der Waals surface area contributed by atoms with Gasteiger partial charge in [-0.05, 0) is 43.6 Å². The van der Waals surface area contributed by atoms with Gasteiger partial charge in [-0.2, -0.15) is 13.2 Å². The maximum absolute atomic E-state index is 13.2. The van der Waals surface area contributed by atoms with Crippen LogP contribution in [0.15, 0.2) is 18.2 Å². The van der Waals surface area contributed by atoms with Crippen molar-refractivity contribution in [3.05, 3.63) is 35.1 Å². The largest absolute Gasteiger partial charge is 0.419 e. The van der Waals surface area contributed by atoms with Gasteiger partial charge < -0.3 is 5.73 Å². The quantitative estimate of drug-likeness (QED) is 0.860. The molecule has 2 rings (SSSR count). The molecule has 1 atom stereocenters. The minimum absolute atomic E-state index is 0.225. The third-order valence-electron chi connectivity index (χ3n) is 3.49. The van der Waals surface area contributed by atoms with Gasteiger partial charge in [0.15, 0.2) is 0 Å². The lowest BCUT2D eigenvalue weighted by molar-refractivity contribution is -0.140. The van der Waals surface area contributed by atoms with Crippen LogP contribution in [0.1, 0.15) is 30.0 Å². The second kappa shape index (κ2) is 5.46. The van der Waals surface area contributed by atoms with Crippen LogP contribution in [0, 0.1) is 5.82 Å². The molecule has 0 aromatic heterocycles. The average molecular weight is 276 g/mol. The monoisotopic (exact) mass is 276 g/mol. The van der Waals surface area contributed by atoms with E-state index in [0.717, 1.165) is 38.1 Å². The van der Waals surface area contributed by atoms with Crippen LogP contribution >= 0.6 is 0 Å². The molecule has 106 valence electrons. The van der Waals surface area contributed by atoms with Gasteiger partial charge in [-0.3, -0.25) is 4.90 Å². The maximum Gasteiger partial charge on any atom is 0.419 e. The molecule has 1 unspecified atom stereocenters. The number of benzene rings is 1. The first-order valence-electron chi connectivity index (χ1n) is 6.24. The van der Waals surface area contributed by atoms with Crippen molar-refractivity contribution in [2.45, 2.75) is 25.1 Å². The molecule has 19 heavy (non-hydrogen) atoms. The molecule has 6 heteroatoms. The second-order valence-electron chi connectivity index (χ2n) is 4.73. The number of rotatable bonds is 3. The fourth-order valence-electron chi connectivity index (χ4n) is 2.52. The molecule has 2 N–H and O–H groups in total. The third-order valence-corrected chi connectivity index (χ3v) is 3.49. The smallest absolute Gasteiger partial charge is 0.329 e. The van der Waals surface area contributed by atoms with Crippen LogP contribution in [-0.4, -0.2) is 24.5 Å². The predicted octanol–water partition coefficient (Wildman–Crippen LogP) is 2.94. The molecule has 1 saturated heterocycles. The normalized spacial score (nSPS) is 18.8. The maximum atomic E-state index is 13.2. The summed E-state index contributed by atoms with van der Waals surface area (Å²) in [5.41, 5.74) is 4.87. The zero-order chi connectivity index (χ0) is 14.0. The third kappa shape index (κ3) is 3.06. The van der Waals surface area contributed by atoms with Crippen LogP contribution < -0.4 is 5.73 Å². The molecule has 1 aromatic carbocycles. The molecule has 0 amide bonds. The number of nitrogens with two attached hydrogens (primary N) is 1. The van der Waals surface area contributed by atoms with Crippen LogP contribution in [0.5, 0.6) is 0 Å². The summed E-state index contributed by atoms with van der Waals surface area (Å²) < 4.78 is 51.3. The molecule has 2 nitrogen and oxygen atoms in total. The van der Waals surface area contributed by atoms with Crippen molar-refractivity contribution in [1.29, 1.82) is 0 Å². The standard InChI is InChI=1S/C13H16F4N2/c14-11-4-3-9(7-10(11)13(15,16)17)12(8-18)19-5-1-2-6-19/h3-4,7,12H,1-2,5-6,8,18H2. The first kappa shape index (κ1) is 14.3. The number of likely N-dealkylation sites (tertiary alicyclic amines) is 1. The molecule has 0 bridgehead atoms. The van der Waals surface area contributed by atoms with Gasteiger partial charge in [0.1, 0.15) is 5.82 Å². The summed E-state index contributed by atoms with van der Waals surface area (Å²) in [6.07, 6.45) is -2.64. The van der Waals surface area contributed by atoms with Gasteiger partial charge in [0.05, 0.1) is 5.56 Å². The van der Waals surface area contributed by atoms with Crippen LogP contribution in [-0.2, 0) is 6.18 Å². The molecule has 1 aliphatic heterocycles. The summed E-state index contributed by atoms with van der Waals surface area (Å²) in [5.74, 6) is -1.24. The molecule has 0 radical (unpaired) electrons. The number of alkyl halides is 3. The van der Waals surface area contributed by atoms with Crippen molar-refractivity contribution in [2.75, 3.05) is 19.6 Å². The zero-order valence-electron chi connectivity index (χ0n) is 10.4. The van der Waals surface area contributed by atoms with Gasteiger partial charge in [0.2, 0.25) is 0 Å². The van der Waals surface area contributed by atoms with Crippen molar-refractivity contribution < 1.29 is 17.6 Å². The summed E-state index contributed by atoms with van der Waals surface area (Å²) in [7, 11) is 0. The first-order chi connectivity index (χ1) is 8.93. The number of nitrogens with zero attached hydrogens (tertiary/aromatic N) is 1. The van der Waals surface area contributed by atoms with Gasteiger partial charge >= 0.3 is 6.18 Å². The highest BCUT2D eigenvalue weighted by Crippen LogP contribution is 2.34. The summed E-state index contributed by atoms with van der Waals surface area (Å²) in [6.45, 7) is 1.87. The Morgan fingerprint density at radius 1 is 1.21 bits per heavy atom. The fourth-order valence-corrected chi connectivity index (χ4v) is 2.52. The number of halogens is 4. The Kier molecular flexibility index (Phi) is 4.10. The molecule has 1 fully saturated rings. The van der Waals surface area contributed by atoms with E-state index < -0.39 is 17.6 Å². The van der Waals surface area contributed by atoms with E-state index in [4.69, 9.17) is 5.73 Å². The molecule has 1 aliphatic rings. The Balaban J connectivity index is 2.33. The first-order valence-corrected chi connectivity index (χ1v) is 6.24. The summed E-state index contributed by atoms with van der Waals surface area (Å²) in [5, 5.41) is 0. The van der Waals surface area contributed by atoms with Crippen molar-refractivity contribution in [3.8, 4) is 0 Å². The Morgan fingerprint density at radius 3 is 2.37 bits per heavy atom. The van der Waals surface area contributed by atoms with E-state index in [1.165, 1.54) is 6.07 Å². The van der Waals surface area contributed by atoms with Crippen LogP contribution in [0.3, 0.4) is 0 Å². The van der Waals surface area contributed by atoms with Crippen molar-refractivity contribution >= 4 is 0 Å². The second-order valence-corrected chi connectivity index (χ2v) is 4.73. The van der Waals surface area contributed by atoms with Gasteiger partial charge in [0, 0.05) is 12.6 Å². The van der Waals surface area contributed by atoms with Crippen molar-refractivity contribution in [1.82, 2.24) is 4.90 Å². The molecular weight excluding hydrogens is 260 g/mol. The minimum Gasteiger partial charge on any atom is -0.329 e. The van der Waals surface area contributed by atoms with E-state index >= 15 is 0 Å². The van der Waals surface area contributed by atoms with Crippen LogP contribution in [0.4, 0.5) is 17.6 Å². The summed E-state index contributed by atoms with van der Waals surface area (Å²) >= 11 is 0. The summed E-state index contributed by atoms with van der Waals surface area (Å²) in [6, 6.07) is 2.87. The van der Waals surface area contributed by atoms with Crippen molar-refractivity contribution in [3.63, 3.8) is 0 Å². The highest BCUT2D eigenvalue weighted by molar-refractivity contribution is 5.30. The Morgan fingerprint density at radius 2 is 1.84 bits per heavy atom. The van der Waals surface area contributed by atoms with E-state index in [2.05, 4.69) is 0 Å². The predicted molar refractivity (Wildman–Crippen MR) is 64.0 cm³/mol. The lowest BCUT2D eigenvalue weighted by atomic mass is 10.0. The molecule has 0 saturated carbocycles. The molecular formula is C13H16F4N2. The van der Waals surface area contributed by atoms with Gasteiger partial charge in [0.25, 0.3) is 0 Å². The molecule has 1 aromatic rings. The van der Waals surface area contributed by atoms with Crippen LogP contribution in [0.2, 0.25) is 0 Å². The number of hydrogen-bond acceptors (Lipinski definition) is 2. The number of hydrogen-bond donors (Lipinski definition) is 1. The van der Waals surface area contributed by atoms with Gasteiger partial charge in [-0.25, -0.2) is 4.39 Å². The topological polar surface area (TPSA) is 29.3 Å². The van der Waals surface area contributed by atoms with E-state index in [0.29, 0.717) is 5.56 Å². The average Bonchev–Trinajstić information content (AvgIpc) is 2.84. The van der Waals surface area contributed by atoms with Crippen molar-refractivity contribution in [2.24, 2.45) is 5.73 Å². The summed E-state index contributed by atoms with van der Waals surface area (Å²) in [4.78, 5) is 2.05. The van der Waals surface area contributed by atoms with Crippen LogP contribution in [0.25, 0.3) is 0 Å². The molecule has 0 spiro atoms. The Bertz CT molecular complexity index is 439. The Labute approximate surface area is 109 Å². The lowest BCUT2D eigenvalue weighted by Crippen LogP contribution is -2.31. The highest BCUT2D eigenvalue weighted by Gasteiger charge is 2.35. The highest BCUT2D eigenvalue weighted by atomic mass is 19.4. The van der Waals surface area contributed by atoms with Gasteiger partial charge in [-0.15, -0.1) is 0 Å². The lowest BCUT2D eigenvalue weighted by Gasteiger charge is -2.27. The van der Waals surface area contributed by atoms with E-state index in [9.17, 15) is 17.6 Å². The Hall–Kier alpha value is -1.14.